The fourth-order valence-electron chi connectivity index (χ4n) is 5.11. The van der Waals surface area contributed by atoms with Crippen LogP contribution >= 0.6 is 0 Å². The molecular formula is C28H36FN5O2. The molecule has 1 atom stereocenters. The van der Waals surface area contributed by atoms with Crippen molar-refractivity contribution in [2.75, 3.05) is 26.2 Å². The van der Waals surface area contributed by atoms with Crippen molar-refractivity contribution in [2.45, 2.75) is 52.4 Å². The Morgan fingerprint density at radius 2 is 1.67 bits per heavy atom. The number of hydrogen-bond acceptors (Lipinski definition) is 5. The van der Waals surface area contributed by atoms with Gasteiger partial charge in [0, 0.05) is 56.2 Å². The molecule has 3 aromatic rings. The summed E-state index contributed by atoms with van der Waals surface area (Å²) in [6.07, 6.45) is 3.59. The molecule has 0 saturated carbocycles. The number of H-pyrrole nitrogens is 1. The summed E-state index contributed by atoms with van der Waals surface area (Å²) in [6.45, 7) is 12.2. The van der Waals surface area contributed by atoms with E-state index >= 15 is 0 Å². The zero-order valence-electron chi connectivity index (χ0n) is 21.5. The molecule has 1 unspecified atom stereocenters. The minimum Gasteiger partial charge on any atom is -0.505 e. The highest BCUT2D eigenvalue weighted by atomic mass is 19.1. The molecule has 1 aliphatic rings. The number of imidazole rings is 1. The molecular weight excluding hydrogens is 457 g/mol. The first-order valence-electron chi connectivity index (χ1n) is 12.6. The molecule has 1 saturated heterocycles. The van der Waals surface area contributed by atoms with Crippen molar-refractivity contribution in [3.63, 3.8) is 0 Å². The van der Waals surface area contributed by atoms with Crippen LogP contribution in [0.2, 0.25) is 0 Å². The van der Waals surface area contributed by atoms with Crippen LogP contribution in [-0.4, -0.2) is 73.9 Å². The van der Waals surface area contributed by atoms with Gasteiger partial charge in [0.15, 0.2) is 11.6 Å². The number of benzene rings is 2. The van der Waals surface area contributed by atoms with Crippen LogP contribution < -0.4 is 0 Å². The van der Waals surface area contributed by atoms with E-state index in [2.05, 4.69) is 19.8 Å². The van der Waals surface area contributed by atoms with Crippen molar-refractivity contribution >= 4 is 5.91 Å². The Bertz CT molecular complexity index is 1130. The standard InChI is InChI=1S/C28H36FN5O2/c1-19(2)34(20(3)4)28(36)22-7-5-21(6-8-22)27(23-9-10-24(29)25(35)17-23)33-15-13-32(14-16-33)18-26-30-11-12-31-26/h5-12,17,19-20,27,35H,13-16,18H2,1-4H3,(H,30,31). The number of nitrogens with one attached hydrogen (secondary N) is 1. The maximum absolute atomic E-state index is 13.9. The third kappa shape index (κ3) is 5.77. The number of rotatable bonds is 8. The van der Waals surface area contributed by atoms with E-state index in [1.165, 1.54) is 12.1 Å². The zero-order chi connectivity index (χ0) is 25.8. The topological polar surface area (TPSA) is 75.7 Å². The summed E-state index contributed by atoms with van der Waals surface area (Å²) in [5, 5.41) is 10.1. The average Bonchev–Trinajstić information content (AvgIpc) is 3.35. The molecule has 1 aliphatic heterocycles. The van der Waals surface area contributed by atoms with Gasteiger partial charge in [0.1, 0.15) is 5.82 Å². The summed E-state index contributed by atoms with van der Waals surface area (Å²) in [5.74, 6) is -0.0379. The van der Waals surface area contributed by atoms with Gasteiger partial charge < -0.3 is 15.0 Å². The van der Waals surface area contributed by atoms with Crippen LogP contribution in [0.5, 0.6) is 5.75 Å². The van der Waals surface area contributed by atoms with Crippen molar-refractivity contribution < 1.29 is 14.3 Å². The fraction of sp³-hybridized carbons (Fsp3) is 0.429. The Labute approximate surface area is 212 Å². The molecule has 0 radical (unpaired) electrons. The quantitative estimate of drug-likeness (QED) is 0.486. The number of carbonyl (C=O) groups excluding carboxylic acids is 1. The molecule has 8 heteroatoms. The highest BCUT2D eigenvalue weighted by Gasteiger charge is 2.28. The molecule has 7 nitrogen and oxygen atoms in total. The first kappa shape index (κ1) is 25.9. The predicted molar refractivity (Wildman–Crippen MR) is 138 cm³/mol. The molecule has 192 valence electrons. The third-order valence-electron chi connectivity index (χ3n) is 6.81. The van der Waals surface area contributed by atoms with Gasteiger partial charge in [-0.15, -0.1) is 0 Å². The lowest BCUT2D eigenvalue weighted by Crippen LogP contribution is -2.47. The highest BCUT2D eigenvalue weighted by Crippen LogP contribution is 2.33. The average molecular weight is 494 g/mol. The number of aromatic amines is 1. The minimum absolute atomic E-state index is 0.00840. The Morgan fingerprint density at radius 3 is 2.22 bits per heavy atom. The lowest BCUT2D eigenvalue weighted by Gasteiger charge is -2.39. The van der Waals surface area contributed by atoms with Crippen LogP contribution in [0.3, 0.4) is 0 Å². The van der Waals surface area contributed by atoms with E-state index in [1.807, 2.05) is 63.1 Å². The summed E-state index contributed by atoms with van der Waals surface area (Å²) in [5.41, 5.74) is 2.46. The lowest BCUT2D eigenvalue weighted by atomic mass is 9.95. The number of carbonyl (C=O) groups is 1. The number of aromatic nitrogens is 2. The molecule has 1 aromatic heterocycles. The second-order valence-corrected chi connectivity index (χ2v) is 9.98. The number of hydrogen-bond donors (Lipinski definition) is 2. The van der Waals surface area contributed by atoms with Gasteiger partial charge in [-0.2, -0.15) is 0 Å². The normalized spacial score (nSPS) is 16.0. The van der Waals surface area contributed by atoms with Crippen molar-refractivity contribution in [2.24, 2.45) is 0 Å². The Kier molecular flexibility index (Phi) is 8.06. The van der Waals surface area contributed by atoms with E-state index in [4.69, 9.17) is 0 Å². The smallest absolute Gasteiger partial charge is 0.254 e. The first-order chi connectivity index (χ1) is 17.2. The second kappa shape index (κ2) is 11.2. The fourth-order valence-corrected chi connectivity index (χ4v) is 5.11. The Hall–Kier alpha value is -3.23. The van der Waals surface area contributed by atoms with Gasteiger partial charge in [0.2, 0.25) is 0 Å². The van der Waals surface area contributed by atoms with Gasteiger partial charge >= 0.3 is 0 Å². The van der Waals surface area contributed by atoms with Crippen LogP contribution in [-0.2, 0) is 6.54 Å². The predicted octanol–water partition coefficient (Wildman–Crippen LogP) is 4.42. The zero-order valence-corrected chi connectivity index (χ0v) is 21.5. The first-order valence-corrected chi connectivity index (χ1v) is 12.6. The summed E-state index contributed by atoms with van der Waals surface area (Å²) in [6, 6.07) is 12.3. The van der Waals surface area contributed by atoms with Crippen molar-refractivity contribution in [1.29, 1.82) is 0 Å². The number of piperazine rings is 1. The van der Waals surface area contributed by atoms with Crippen molar-refractivity contribution in [3.05, 3.63) is 83.2 Å². The van der Waals surface area contributed by atoms with Gasteiger partial charge in [0.05, 0.1) is 12.6 Å². The second-order valence-electron chi connectivity index (χ2n) is 9.98. The summed E-state index contributed by atoms with van der Waals surface area (Å²) in [4.78, 5) is 27.2. The number of phenols is 1. The maximum Gasteiger partial charge on any atom is 0.254 e. The van der Waals surface area contributed by atoms with Crippen LogP contribution in [0.15, 0.2) is 54.9 Å². The number of phenolic OH excluding ortho intramolecular Hbond substituents is 1. The van der Waals surface area contributed by atoms with E-state index in [9.17, 15) is 14.3 Å². The summed E-state index contributed by atoms with van der Waals surface area (Å²) >= 11 is 0. The third-order valence-corrected chi connectivity index (χ3v) is 6.81. The SMILES string of the molecule is CC(C)N(C(=O)c1ccc(C(c2ccc(F)c(O)c2)N2CCN(Cc3ncc[nH]3)CC2)cc1)C(C)C. The molecule has 1 amide bonds. The number of aromatic hydroxyl groups is 1. The Morgan fingerprint density at radius 1 is 1.03 bits per heavy atom. The molecule has 0 aliphatic carbocycles. The summed E-state index contributed by atoms with van der Waals surface area (Å²) in [7, 11) is 0. The summed E-state index contributed by atoms with van der Waals surface area (Å²) < 4.78 is 13.9. The van der Waals surface area contributed by atoms with E-state index in [-0.39, 0.29) is 29.8 Å². The molecule has 2 aromatic carbocycles. The molecule has 2 heterocycles. The number of halogens is 1. The largest absolute Gasteiger partial charge is 0.505 e. The lowest BCUT2D eigenvalue weighted by molar-refractivity contribution is 0.0643. The van der Waals surface area contributed by atoms with Gasteiger partial charge in [0.25, 0.3) is 5.91 Å². The van der Waals surface area contributed by atoms with E-state index in [0.717, 1.165) is 49.7 Å². The Balaban J connectivity index is 1.57. The van der Waals surface area contributed by atoms with E-state index in [1.54, 1.807) is 12.3 Å². The monoisotopic (exact) mass is 493 g/mol. The van der Waals surface area contributed by atoms with Crippen LogP contribution in [0, 0.1) is 5.82 Å². The molecule has 1 fully saturated rings. The van der Waals surface area contributed by atoms with Gasteiger partial charge in [-0.3, -0.25) is 14.6 Å². The molecule has 0 spiro atoms. The molecule has 0 bridgehead atoms. The van der Waals surface area contributed by atoms with E-state index < -0.39 is 5.82 Å². The minimum atomic E-state index is -0.635. The highest BCUT2D eigenvalue weighted by molar-refractivity contribution is 5.94. The van der Waals surface area contributed by atoms with Gasteiger partial charge in [-0.25, -0.2) is 9.37 Å². The molecule has 36 heavy (non-hydrogen) atoms. The molecule has 2 N–H and O–H groups in total. The van der Waals surface area contributed by atoms with Crippen LogP contribution in [0.1, 0.15) is 61.0 Å². The van der Waals surface area contributed by atoms with Crippen LogP contribution in [0.4, 0.5) is 4.39 Å². The van der Waals surface area contributed by atoms with Crippen LogP contribution in [0.25, 0.3) is 0 Å². The van der Waals surface area contributed by atoms with Gasteiger partial charge in [-0.05, 0) is 63.1 Å². The van der Waals surface area contributed by atoms with Gasteiger partial charge in [-0.1, -0.05) is 18.2 Å². The maximum atomic E-state index is 13.9. The number of nitrogens with zero attached hydrogens (tertiary/aromatic N) is 4. The van der Waals surface area contributed by atoms with E-state index in [0.29, 0.717) is 5.56 Å². The van der Waals surface area contributed by atoms with Crippen molar-refractivity contribution in [3.8, 4) is 5.75 Å². The number of amides is 1. The molecule has 4 rings (SSSR count). The van der Waals surface area contributed by atoms with Crippen molar-refractivity contribution in [1.82, 2.24) is 24.7 Å².